The first-order valence-corrected chi connectivity index (χ1v) is 20.4. The van der Waals surface area contributed by atoms with Gasteiger partial charge in [-0.05, 0) is 94.1 Å². The van der Waals surface area contributed by atoms with Crippen LogP contribution in [0.3, 0.4) is 0 Å². The molecule has 4 fully saturated rings. The highest BCUT2D eigenvalue weighted by atomic mass is 35.5. The van der Waals surface area contributed by atoms with Crippen LogP contribution >= 0.6 is 11.6 Å². The number of H-pyrrole nitrogens is 1. The highest BCUT2D eigenvalue weighted by Crippen LogP contribution is 2.34. The summed E-state index contributed by atoms with van der Waals surface area (Å²) < 4.78 is 1.94. The minimum Gasteiger partial charge on any atom is -0.388 e. The van der Waals surface area contributed by atoms with Crippen LogP contribution in [0.2, 0.25) is 5.02 Å². The molecule has 9 rings (SSSR count). The van der Waals surface area contributed by atoms with E-state index in [1.807, 2.05) is 35.3 Å². The summed E-state index contributed by atoms with van der Waals surface area (Å²) in [5.41, 5.74) is 3.26. The smallest absolute Gasteiger partial charge is 0.249 e. The third-order valence-electron chi connectivity index (χ3n) is 12.5. The number of hydrogen-bond donors (Lipinski definition) is 4. The molecule has 0 radical (unpaired) electrons. The molecule has 5 aromatic rings. The second kappa shape index (κ2) is 15.2. The molecule has 4 aliphatic rings. The van der Waals surface area contributed by atoms with Gasteiger partial charge in [-0.15, -0.1) is 0 Å². The molecular weight excluding hydrogens is 714 g/mol. The molecule has 0 bridgehead atoms. The largest absolute Gasteiger partial charge is 0.388 e. The molecule has 4 N–H and O–H groups in total. The molecule has 4 aliphatic heterocycles. The topological polar surface area (TPSA) is 135 Å². The number of imide groups is 1. The quantitative estimate of drug-likeness (QED) is 0.130. The first-order valence-electron chi connectivity index (χ1n) is 20.0. The number of aromatic nitrogens is 4. The zero-order chi connectivity index (χ0) is 37.5. The number of amides is 2. The molecule has 55 heavy (non-hydrogen) atoms. The minimum atomic E-state index is -0.663. The van der Waals surface area contributed by atoms with Crippen molar-refractivity contribution in [3.63, 3.8) is 0 Å². The van der Waals surface area contributed by atoms with Crippen molar-refractivity contribution in [1.82, 2.24) is 34.6 Å². The first-order chi connectivity index (χ1) is 26.7. The number of rotatable bonds is 10. The van der Waals surface area contributed by atoms with Crippen molar-refractivity contribution in [2.24, 2.45) is 5.92 Å². The number of nitrogens with zero attached hydrogens (tertiary/aromatic N) is 6. The van der Waals surface area contributed by atoms with Crippen LogP contribution in [0.5, 0.6) is 0 Å². The van der Waals surface area contributed by atoms with Gasteiger partial charge in [-0.1, -0.05) is 35.9 Å². The van der Waals surface area contributed by atoms with Crippen molar-refractivity contribution in [3.8, 4) is 11.3 Å². The summed E-state index contributed by atoms with van der Waals surface area (Å²) in [4.78, 5) is 44.1. The van der Waals surface area contributed by atoms with E-state index in [9.17, 15) is 14.7 Å². The van der Waals surface area contributed by atoms with Gasteiger partial charge < -0.3 is 34.7 Å². The Kier molecular flexibility index (Phi) is 10.0. The van der Waals surface area contributed by atoms with E-state index in [1.165, 1.54) is 19.3 Å². The molecule has 0 spiro atoms. The molecule has 3 aromatic heterocycles. The lowest BCUT2D eigenvalue weighted by molar-refractivity contribution is -0.135. The van der Waals surface area contributed by atoms with Crippen LogP contribution in [-0.4, -0.2) is 110 Å². The molecule has 7 heterocycles. The number of hydrogen-bond acceptors (Lipinski definition) is 9. The standard InChI is InChI=1S/C42H50ClN9O3/c43-35-23-45-41(48-39(35)34-22-44-36-4-2-1-3-33(34)36)46-31-12-18-49(26-31)15-9-28-10-16-50(17-11-28)27-42(55)13-19-51(20-14-42)32-6-5-29-24-52(25-30(29)21-32)37-7-8-38(53)47-40(37)54/h1-6,21-25,28,31,37,44,55H,7-20,26-27H2,(H,45,46,48)(H,47,53,54). The fourth-order valence-electron chi connectivity index (χ4n) is 9.28. The maximum absolute atomic E-state index is 12.4. The number of carbonyl (C=O) groups excluding carboxylic acids is 2. The predicted molar refractivity (Wildman–Crippen MR) is 216 cm³/mol. The Morgan fingerprint density at radius 3 is 2.58 bits per heavy atom. The Labute approximate surface area is 326 Å². The number of β-amino-alcohol motifs (C(OH)–C–C–N with tert-alkyl or cyclic N) is 1. The van der Waals surface area contributed by atoms with E-state index in [0.717, 1.165) is 116 Å². The first kappa shape index (κ1) is 36.2. The highest BCUT2D eigenvalue weighted by molar-refractivity contribution is 6.33. The molecular formula is C42H50ClN9O3. The Hall–Kier alpha value is -4.49. The summed E-state index contributed by atoms with van der Waals surface area (Å²) in [6, 6.07) is 14.6. The molecule has 2 atom stereocenters. The molecule has 2 unspecified atom stereocenters. The van der Waals surface area contributed by atoms with E-state index in [-0.39, 0.29) is 17.9 Å². The fraction of sp³-hybridized carbons (Fsp3) is 0.476. The van der Waals surface area contributed by atoms with Crippen LogP contribution < -0.4 is 15.5 Å². The number of nitrogens with one attached hydrogen (secondary N) is 3. The average molecular weight is 764 g/mol. The van der Waals surface area contributed by atoms with Gasteiger partial charge in [0.25, 0.3) is 0 Å². The summed E-state index contributed by atoms with van der Waals surface area (Å²) >= 11 is 6.57. The van der Waals surface area contributed by atoms with Crippen LogP contribution in [0.25, 0.3) is 32.9 Å². The van der Waals surface area contributed by atoms with Gasteiger partial charge in [0.2, 0.25) is 17.8 Å². The van der Waals surface area contributed by atoms with E-state index in [0.29, 0.717) is 29.9 Å². The second-order valence-electron chi connectivity index (χ2n) is 16.3. The van der Waals surface area contributed by atoms with Crippen molar-refractivity contribution >= 4 is 56.7 Å². The van der Waals surface area contributed by atoms with Gasteiger partial charge in [-0.25, -0.2) is 9.97 Å². The third-order valence-corrected chi connectivity index (χ3v) is 12.8. The number of piperidine rings is 3. The molecule has 288 valence electrons. The molecule has 0 aliphatic carbocycles. The summed E-state index contributed by atoms with van der Waals surface area (Å²) in [5, 5.41) is 21.5. The predicted octanol–water partition coefficient (Wildman–Crippen LogP) is 5.83. The molecule has 2 aromatic carbocycles. The molecule has 13 heteroatoms. The lowest BCUT2D eigenvalue weighted by Crippen LogP contribution is -2.52. The number of carbonyl (C=O) groups is 2. The summed E-state index contributed by atoms with van der Waals surface area (Å²) in [5.74, 6) is 0.912. The lowest BCUT2D eigenvalue weighted by Gasteiger charge is -2.43. The lowest BCUT2D eigenvalue weighted by atomic mass is 9.88. The van der Waals surface area contributed by atoms with E-state index >= 15 is 0 Å². The number of likely N-dealkylation sites (tertiary alicyclic amines) is 2. The Bertz CT molecular complexity index is 2190. The summed E-state index contributed by atoms with van der Waals surface area (Å²) in [6.07, 6.45) is 14.7. The fourth-order valence-corrected chi connectivity index (χ4v) is 9.47. The Morgan fingerprint density at radius 1 is 0.945 bits per heavy atom. The number of aromatic amines is 1. The Morgan fingerprint density at radius 2 is 1.75 bits per heavy atom. The zero-order valence-electron chi connectivity index (χ0n) is 31.2. The van der Waals surface area contributed by atoms with Gasteiger partial charge in [-0.3, -0.25) is 14.9 Å². The molecule has 12 nitrogen and oxygen atoms in total. The number of halogens is 1. The Balaban J connectivity index is 0.708. The maximum Gasteiger partial charge on any atom is 0.249 e. The normalized spacial score (nSPS) is 22.8. The average Bonchev–Trinajstić information content (AvgIpc) is 3.94. The van der Waals surface area contributed by atoms with Crippen molar-refractivity contribution in [1.29, 1.82) is 0 Å². The van der Waals surface area contributed by atoms with Gasteiger partial charge in [0, 0.05) is 91.3 Å². The zero-order valence-corrected chi connectivity index (χ0v) is 32.0. The number of benzene rings is 2. The molecule has 0 saturated carbocycles. The minimum absolute atomic E-state index is 0.198. The van der Waals surface area contributed by atoms with Gasteiger partial charge in [0.15, 0.2) is 0 Å². The number of aliphatic hydroxyl groups is 1. The highest BCUT2D eigenvalue weighted by Gasteiger charge is 2.36. The van der Waals surface area contributed by atoms with E-state index in [1.54, 1.807) is 6.20 Å². The van der Waals surface area contributed by atoms with Crippen LogP contribution in [0.4, 0.5) is 11.6 Å². The number of para-hydroxylation sites is 1. The van der Waals surface area contributed by atoms with Crippen LogP contribution in [0.15, 0.2) is 67.3 Å². The van der Waals surface area contributed by atoms with Crippen LogP contribution in [-0.2, 0) is 9.59 Å². The van der Waals surface area contributed by atoms with Crippen LogP contribution in [0.1, 0.15) is 57.4 Å². The maximum atomic E-state index is 12.4. The van der Waals surface area contributed by atoms with Crippen LogP contribution in [0, 0.1) is 5.92 Å². The van der Waals surface area contributed by atoms with Crippen molar-refractivity contribution in [2.45, 2.75) is 69.1 Å². The van der Waals surface area contributed by atoms with Crippen molar-refractivity contribution in [2.75, 3.05) is 62.6 Å². The monoisotopic (exact) mass is 763 g/mol. The van der Waals surface area contributed by atoms with E-state index in [4.69, 9.17) is 16.6 Å². The van der Waals surface area contributed by atoms with Gasteiger partial charge in [0.05, 0.1) is 22.5 Å². The van der Waals surface area contributed by atoms with Gasteiger partial charge >= 0.3 is 0 Å². The second-order valence-corrected chi connectivity index (χ2v) is 16.7. The number of fused-ring (bicyclic) bond motifs is 2. The third kappa shape index (κ3) is 7.82. The summed E-state index contributed by atoms with van der Waals surface area (Å²) in [6.45, 7) is 7.64. The van der Waals surface area contributed by atoms with E-state index < -0.39 is 5.60 Å². The van der Waals surface area contributed by atoms with Gasteiger partial charge in [0.1, 0.15) is 6.04 Å². The summed E-state index contributed by atoms with van der Waals surface area (Å²) in [7, 11) is 0. The SMILES string of the molecule is O=C1CCC(n2cc3ccc(N4CCC(O)(CN5CCC(CCN6CCC(Nc7ncc(Cl)c(-c8c[nH]c9ccccc89)n7)C6)CC5)CC4)cc3c2)C(=O)N1. The number of anilines is 2. The van der Waals surface area contributed by atoms with Gasteiger partial charge in [-0.2, -0.15) is 0 Å². The van der Waals surface area contributed by atoms with Crippen molar-refractivity contribution < 1.29 is 14.7 Å². The molecule has 4 saturated heterocycles. The molecule has 2 amide bonds. The van der Waals surface area contributed by atoms with Crippen molar-refractivity contribution in [3.05, 3.63) is 72.3 Å². The van der Waals surface area contributed by atoms with E-state index in [2.05, 4.69) is 65.6 Å².